The second-order valence-electron chi connectivity index (χ2n) is 7.33. The Morgan fingerprint density at radius 1 is 1.20 bits per heavy atom. The van der Waals surface area contributed by atoms with Gasteiger partial charge in [-0.15, -0.1) is 12.4 Å². The Bertz CT molecular complexity index is 676. The second kappa shape index (κ2) is 6.96. The minimum atomic E-state index is -0.601. The number of carbonyl (C=O) groups is 2. The zero-order chi connectivity index (χ0) is 16.7. The van der Waals surface area contributed by atoms with Crippen LogP contribution in [0.5, 0.6) is 0 Å². The van der Waals surface area contributed by atoms with E-state index in [0.29, 0.717) is 24.7 Å². The van der Waals surface area contributed by atoms with Crippen molar-refractivity contribution in [3.8, 4) is 0 Å². The molecule has 0 radical (unpaired) electrons. The van der Waals surface area contributed by atoms with Crippen molar-refractivity contribution in [1.29, 1.82) is 0 Å². The molecule has 3 fully saturated rings. The van der Waals surface area contributed by atoms with Crippen LogP contribution >= 0.6 is 12.4 Å². The van der Waals surface area contributed by atoms with Crippen molar-refractivity contribution in [3.63, 3.8) is 0 Å². The molecule has 2 heterocycles. The Balaban J connectivity index is 0.00000182. The number of nitrogens with zero attached hydrogens (tertiary/aromatic N) is 2. The third-order valence-electron chi connectivity index (χ3n) is 5.78. The molecule has 1 aromatic rings. The Labute approximate surface area is 154 Å². The number of rotatable bonds is 3. The highest BCUT2D eigenvalue weighted by Crippen LogP contribution is 2.42. The highest BCUT2D eigenvalue weighted by Gasteiger charge is 2.54. The molecule has 3 aliphatic rings. The van der Waals surface area contributed by atoms with Gasteiger partial charge in [0.05, 0.1) is 0 Å². The molecule has 1 saturated carbocycles. The summed E-state index contributed by atoms with van der Waals surface area (Å²) in [6.07, 6.45) is 5.75. The lowest BCUT2D eigenvalue weighted by Crippen LogP contribution is -2.61. The first-order chi connectivity index (χ1) is 11.7. The van der Waals surface area contributed by atoms with Gasteiger partial charge in [0.2, 0.25) is 5.91 Å². The van der Waals surface area contributed by atoms with Crippen molar-refractivity contribution < 1.29 is 9.59 Å². The van der Waals surface area contributed by atoms with E-state index in [2.05, 4.69) is 0 Å². The molecule has 2 N–H and O–H groups in total. The van der Waals surface area contributed by atoms with Gasteiger partial charge in [0.15, 0.2) is 0 Å². The average Bonchev–Trinajstić information content (AvgIpc) is 3.37. The molecule has 0 bridgehead atoms. The number of halogens is 1. The van der Waals surface area contributed by atoms with Gasteiger partial charge in [-0.2, -0.15) is 0 Å². The first kappa shape index (κ1) is 18.2. The predicted molar refractivity (Wildman–Crippen MR) is 98.6 cm³/mol. The van der Waals surface area contributed by atoms with E-state index in [4.69, 9.17) is 5.73 Å². The Morgan fingerprint density at radius 3 is 2.60 bits per heavy atom. The van der Waals surface area contributed by atoms with Crippen LogP contribution in [0.2, 0.25) is 0 Å². The third-order valence-corrected chi connectivity index (χ3v) is 5.78. The monoisotopic (exact) mass is 363 g/mol. The van der Waals surface area contributed by atoms with Gasteiger partial charge >= 0.3 is 0 Å². The van der Waals surface area contributed by atoms with Gasteiger partial charge < -0.3 is 15.5 Å². The molecule has 6 heteroatoms. The molecule has 4 rings (SSSR count). The lowest BCUT2D eigenvalue weighted by Gasteiger charge is -2.44. The second-order valence-corrected chi connectivity index (χ2v) is 7.33. The summed E-state index contributed by atoms with van der Waals surface area (Å²) in [6.45, 7) is 1.95. The standard InChI is InChI=1S/C19H25N3O2.ClH/c20-13-14-4-1-5-15(12-14)17(23)22-11-3-9-19(22)8-2-10-21(18(19)24)16-6-7-16;/h1,4-5,12,16H,2-3,6-11,13,20H2;1H. The van der Waals surface area contributed by atoms with Gasteiger partial charge in [-0.3, -0.25) is 9.59 Å². The molecule has 25 heavy (non-hydrogen) atoms. The highest BCUT2D eigenvalue weighted by atomic mass is 35.5. The quantitative estimate of drug-likeness (QED) is 0.896. The lowest BCUT2D eigenvalue weighted by molar-refractivity contribution is -0.146. The summed E-state index contributed by atoms with van der Waals surface area (Å²) >= 11 is 0. The fourth-order valence-corrected chi connectivity index (χ4v) is 4.40. The van der Waals surface area contributed by atoms with E-state index in [-0.39, 0.29) is 24.2 Å². The first-order valence-corrected chi connectivity index (χ1v) is 9.08. The molecule has 1 atom stereocenters. The smallest absolute Gasteiger partial charge is 0.254 e. The molecule has 0 aromatic heterocycles. The van der Waals surface area contributed by atoms with Crippen LogP contribution < -0.4 is 5.73 Å². The number of hydrogen-bond acceptors (Lipinski definition) is 3. The van der Waals surface area contributed by atoms with E-state index in [1.54, 1.807) is 0 Å². The fraction of sp³-hybridized carbons (Fsp3) is 0.579. The molecule has 1 unspecified atom stereocenters. The number of piperidine rings is 1. The molecule has 2 amide bonds. The Hall–Kier alpha value is -1.59. The molecule has 2 saturated heterocycles. The fourth-order valence-electron chi connectivity index (χ4n) is 4.40. The molecule has 5 nitrogen and oxygen atoms in total. The first-order valence-electron chi connectivity index (χ1n) is 9.08. The number of likely N-dealkylation sites (tertiary alicyclic amines) is 2. The van der Waals surface area contributed by atoms with Gasteiger partial charge in [0, 0.05) is 31.2 Å². The normalized spacial score (nSPS) is 26.0. The van der Waals surface area contributed by atoms with E-state index in [1.807, 2.05) is 34.1 Å². The molecule has 1 spiro atoms. The molecule has 1 aliphatic carbocycles. The third kappa shape index (κ3) is 3.04. The van der Waals surface area contributed by atoms with Gasteiger partial charge in [0.25, 0.3) is 5.91 Å². The van der Waals surface area contributed by atoms with E-state index < -0.39 is 5.54 Å². The van der Waals surface area contributed by atoms with Crippen LogP contribution in [0.15, 0.2) is 24.3 Å². The van der Waals surface area contributed by atoms with Crippen molar-refractivity contribution in [3.05, 3.63) is 35.4 Å². The number of hydrogen-bond donors (Lipinski definition) is 1. The van der Waals surface area contributed by atoms with Gasteiger partial charge in [-0.1, -0.05) is 12.1 Å². The van der Waals surface area contributed by atoms with Crippen molar-refractivity contribution in [2.45, 2.75) is 56.7 Å². The van der Waals surface area contributed by atoms with Crippen molar-refractivity contribution in [2.24, 2.45) is 5.73 Å². The zero-order valence-electron chi connectivity index (χ0n) is 14.4. The van der Waals surface area contributed by atoms with Crippen LogP contribution in [0.25, 0.3) is 0 Å². The summed E-state index contributed by atoms with van der Waals surface area (Å²) in [5.74, 6) is 0.172. The summed E-state index contributed by atoms with van der Waals surface area (Å²) in [4.78, 5) is 30.3. The van der Waals surface area contributed by atoms with Gasteiger partial charge in [-0.25, -0.2) is 0 Å². The van der Waals surface area contributed by atoms with Crippen LogP contribution in [0, 0.1) is 0 Å². The van der Waals surface area contributed by atoms with E-state index in [1.165, 1.54) is 0 Å². The Kier molecular flexibility index (Phi) is 5.07. The van der Waals surface area contributed by atoms with Crippen molar-refractivity contribution in [2.75, 3.05) is 13.1 Å². The van der Waals surface area contributed by atoms with E-state index >= 15 is 0 Å². The maximum Gasteiger partial charge on any atom is 0.254 e. The van der Waals surface area contributed by atoms with E-state index in [9.17, 15) is 9.59 Å². The predicted octanol–water partition coefficient (Wildman–Crippen LogP) is 2.33. The minimum Gasteiger partial charge on any atom is -0.338 e. The Morgan fingerprint density at radius 2 is 1.92 bits per heavy atom. The van der Waals surface area contributed by atoms with Crippen molar-refractivity contribution in [1.82, 2.24) is 9.80 Å². The number of amides is 2. The molecule has 2 aliphatic heterocycles. The van der Waals surface area contributed by atoms with Gasteiger partial charge in [0.1, 0.15) is 5.54 Å². The number of nitrogens with two attached hydrogens (primary N) is 1. The van der Waals surface area contributed by atoms with Crippen LogP contribution in [-0.2, 0) is 11.3 Å². The molecule has 136 valence electrons. The highest BCUT2D eigenvalue weighted by molar-refractivity contribution is 6.00. The summed E-state index contributed by atoms with van der Waals surface area (Å²) < 4.78 is 0. The molecular formula is C19H26ClN3O2. The molecule has 1 aromatic carbocycles. The number of benzene rings is 1. The van der Waals surface area contributed by atoms with Crippen molar-refractivity contribution >= 4 is 24.2 Å². The topological polar surface area (TPSA) is 66.6 Å². The van der Waals surface area contributed by atoms with Crippen LogP contribution in [-0.4, -0.2) is 46.3 Å². The lowest BCUT2D eigenvalue weighted by atomic mass is 9.85. The van der Waals surface area contributed by atoms with Gasteiger partial charge in [-0.05, 0) is 56.2 Å². The van der Waals surface area contributed by atoms with E-state index in [0.717, 1.165) is 50.6 Å². The largest absolute Gasteiger partial charge is 0.338 e. The summed E-state index contributed by atoms with van der Waals surface area (Å²) in [6, 6.07) is 7.92. The van der Waals surface area contributed by atoms with Crippen LogP contribution in [0.3, 0.4) is 0 Å². The maximum atomic E-state index is 13.2. The van der Waals surface area contributed by atoms with Crippen LogP contribution in [0.1, 0.15) is 54.4 Å². The maximum absolute atomic E-state index is 13.2. The SMILES string of the molecule is Cl.NCc1cccc(C(=O)N2CCCC23CCCN(C2CC2)C3=O)c1. The minimum absolute atomic E-state index is 0. The summed E-state index contributed by atoms with van der Waals surface area (Å²) in [7, 11) is 0. The average molecular weight is 364 g/mol. The van der Waals surface area contributed by atoms with Crippen LogP contribution in [0.4, 0.5) is 0 Å². The summed E-state index contributed by atoms with van der Waals surface area (Å²) in [5, 5.41) is 0. The number of carbonyl (C=O) groups excluding carboxylic acids is 2. The zero-order valence-corrected chi connectivity index (χ0v) is 15.3. The molecular weight excluding hydrogens is 338 g/mol. The summed E-state index contributed by atoms with van der Waals surface area (Å²) in [5.41, 5.74) is 6.70.